The minimum absolute atomic E-state index is 0.0635. The molecular weight excluding hydrogens is 392 g/mol. The summed E-state index contributed by atoms with van der Waals surface area (Å²) < 4.78 is 11.4. The van der Waals surface area contributed by atoms with Crippen LogP contribution < -0.4 is 20.1 Å². The van der Waals surface area contributed by atoms with Crippen molar-refractivity contribution in [2.75, 3.05) is 19.8 Å². The zero-order chi connectivity index (χ0) is 21.7. The minimum atomic E-state index is -0.340. The molecule has 1 atom stereocenters. The van der Waals surface area contributed by atoms with Gasteiger partial charge in [-0.25, -0.2) is 0 Å². The predicted octanol–water partition coefficient (Wildman–Crippen LogP) is 3.65. The molecule has 2 N–H and O–H groups in total. The van der Waals surface area contributed by atoms with Crippen LogP contribution in [0.15, 0.2) is 48.5 Å². The molecular formula is C25H30N2O4. The summed E-state index contributed by atoms with van der Waals surface area (Å²) >= 11 is 0. The summed E-state index contributed by atoms with van der Waals surface area (Å²) in [6.07, 6.45) is 4.55. The third-order valence-corrected chi connectivity index (χ3v) is 6.31. The smallest absolute Gasteiger partial charge is 0.222 e. The molecule has 1 unspecified atom stereocenters. The van der Waals surface area contributed by atoms with Crippen molar-refractivity contribution in [3.05, 3.63) is 59.7 Å². The second-order valence-corrected chi connectivity index (χ2v) is 8.49. The Morgan fingerprint density at radius 1 is 1.00 bits per heavy atom. The zero-order valence-corrected chi connectivity index (χ0v) is 18.0. The molecule has 1 aliphatic heterocycles. The van der Waals surface area contributed by atoms with Gasteiger partial charge in [-0.05, 0) is 36.1 Å². The molecule has 0 bridgehead atoms. The molecule has 164 valence electrons. The maximum atomic E-state index is 12.9. The summed E-state index contributed by atoms with van der Waals surface area (Å²) in [5, 5.41) is 6.06. The van der Waals surface area contributed by atoms with Crippen molar-refractivity contribution in [3.8, 4) is 11.5 Å². The highest BCUT2D eigenvalue weighted by atomic mass is 16.6. The summed E-state index contributed by atoms with van der Waals surface area (Å²) in [4.78, 5) is 24.5. The average molecular weight is 423 g/mol. The lowest BCUT2D eigenvalue weighted by molar-refractivity contribution is -0.123. The van der Waals surface area contributed by atoms with Gasteiger partial charge < -0.3 is 20.1 Å². The Hall–Kier alpha value is -3.02. The number of amides is 2. The monoisotopic (exact) mass is 422 g/mol. The van der Waals surface area contributed by atoms with E-state index in [1.165, 1.54) is 12.5 Å². The fourth-order valence-corrected chi connectivity index (χ4v) is 4.70. The molecule has 2 aromatic carbocycles. The number of fused-ring (bicyclic) bond motifs is 1. The van der Waals surface area contributed by atoms with Gasteiger partial charge in [0, 0.05) is 18.9 Å². The van der Waals surface area contributed by atoms with Crippen LogP contribution in [0.4, 0.5) is 0 Å². The molecule has 1 heterocycles. The Kier molecular flexibility index (Phi) is 6.44. The van der Waals surface area contributed by atoms with Gasteiger partial charge in [-0.2, -0.15) is 0 Å². The first-order chi connectivity index (χ1) is 15.1. The third kappa shape index (κ3) is 5.01. The number of rotatable bonds is 7. The molecule has 1 fully saturated rings. The molecule has 0 aromatic heterocycles. The third-order valence-electron chi connectivity index (χ3n) is 6.31. The molecule has 0 saturated heterocycles. The van der Waals surface area contributed by atoms with Gasteiger partial charge in [-0.3, -0.25) is 9.59 Å². The first-order valence-corrected chi connectivity index (χ1v) is 11.0. The molecule has 31 heavy (non-hydrogen) atoms. The first-order valence-electron chi connectivity index (χ1n) is 11.0. The average Bonchev–Trinajstić information content (AvgIpc) is 3.27. The van der Waals surface area contributed by atoms with Crippen LogP contribution in [0.5, 0.6) is 11.5 Å². The second kappa shape index (κ2) is 9.41. The Morgan fingerprint density at radius 3 is 2.42 bits per heavy atom. The van der Waals surface area contributed by atoms with E-state index in [0.29, 0.717) is 19.8 Å². The summed E-state index contributed by atoms with van der Waals surface area (Å²) in [6, 6.07) is 15.4. The van der Waals surface area contributed by atoms with Crippen LogP contribution in [0.2, 0.25) is 0 Å². The predicted molar refractivity (Wildman–Crippen MR) is 118 cm³/mol. The van der Waals surface area contributed by atoms with E-state index in [1.54, 1.807) is 0 Å². The number of ether oxygens (including phenoxy) is 2. The van der Waals surface area contributed by atoms with E-state index in [4.69, 9.17) is 9.47 Å². The SMILES string of the molecule is CC(=O)NC(CC(=O)NCC1(c2ccc3c(c2)OCCO3)CCCC1)c1ccccc1. The number of carbonyl (C=O) groups is 2. The standard InChI is InChI=1S/C25H30N2O4/c1-18(28)27-21(19-7-3-2-4-8-19)16-24(29)26-17-25(11-5-6-12-25)20-9-10-22-23(15-20)31-14-13-30-22/h2-4,7-10,15,21H,5-6,11-14,16-17H2,1H3,(H,26,29)(H,27,28). The topological polar surface area (TPSA) is 76.7 Å². The summed E-state index contributed by atoms with van der Waals surface area (Å²) in [7, 11) is 0. The van der Waals surface area contributed by atoms with Gasteiger partial charge in [0.05, 0.1) is 12.5 Å². The zero-order valence-electron chi connectivity index (χ0n) is 18.0. The van der Waals surface area contributed by atoms with E-state index < -0.39 is 0 Å². The lowest BCUT2D eigenvalue weighted by atomic mass is 9.78. The first kappa shape index (κ1) is 21.2. The molecule has 2 aromatic rings. The second-order valence-electron chi connectivity index (χ2n) is 8.49. The van der Waals surface area contributed by atoms with Gasteiger partial charge in [0.1, 0.15) is 13.2 Å². The van der Waals surface area contributed by atoms with Crippen molar-refractivity contribution in [3.63, 3.8) is 0 Å². The summed E-state index contributed by atoms with van der Waals surface area (Å²) in [5.41, 5.74) is 2.02. The van der Waals surface area contributed by atoms with E-state index >= 15 is 0 Å². The molecule has 2 aliphatic rings. The van der Waals surface area contributed by atoms with Crippen LogP contribution in [0.3, 0.4) is 0 Å². The van der Waals surface area contributed by atoms with E-state index in [1.807, 2.05) is 36.4 Å². The highest BCUT2D eigenvalue weighted by molar-refractivity contribution is 5.79. The van der Waals surface area contributed by atoms with Gasteiger partial charge in [0.25, 0.3) is 0 Å². The lowest BCUT2D eigenvalue weighted by Crippen LogP contribution is -2.40. The number of hydrogen-bond donors (Lipinski definition) is 2. The Balaban J connectivity index is 1.45. The van der Waals surface area contributed by atoms with Crippen molar-refractivity contribution >= 4 is 11.8 Å². The maximum absolute atomic E-state index is 12.9. The van der Waals surface area contributed by atoms with Gasteiger partial charge in [-0.15, -0.1) is 0 Å². The van der Waals surface area contributed by atoms with Gasteiger partial charge in [0.15, 0.2) is 11.5 Å². The highest BCUT2D eigenvalue weighted by Gasteiger charge is 2.37. The Morgan fingerprint density at radius 2 is 1.71 bits per heavy atom. The molecule has 1 saturated carbocycles. The molecule has 4 rings (SSSR count). The fraction of sp³-hybridized carbons (Fsp3) is 0.440. The van der Waals surface area contributed by atoms with Crippen LogP contribution in [0, 0.1) is 0 Å². The molecule has 2 amide bonds. The number of carbonyl (C=O) groups excluding carboxylic acids is 2. The fourth-order valence-electron chi connectivity index (χ4n) is 4.70. The Labute approximate surface area is 183 Å². The largest absolute Gasteiger partial charge is 0.486 e. The molecule has 1 aliphatic carbocycles. The molecule has 6 heteroatoms. The van der Waals surface area contributed by atoms with Crippen LogP contribution in [-0.4, -0.2) is 31.6 Å². The Bertz CT molecular complexity index is 922. The summed E-state index contributed by atoms with van der Waals surface area (Å²) in [6.45, 7) is 3.19. The van der Waals surface area contributed by atoms with Crippen molar-refractivity contribution in [2.45, 2.75) is 50.5 Å². The molecule has 0 radical (unpaired) electrons. The van der Waals surface area contributed by atoms with Crippen LogP contribution in [-0.2, 0) is 15.0 Å². The van der Waals surface area contributed by atoms with E-state index in [-0.39, 0.29) is 29.7 Å². The normalized spacial score (nSPS) is 17.6. The number of hydrogen-bond acceptors (Lipinski definition) is 4. The van der Waals surface area contributed by atoms with Crippen molar-refractivity contribution < 1.29 is 19.1 Å². The van der Waals surface area contributed by atoms with Crippen LogP contribution in [0.25, 0.3) is 0 Å². The van der Waals surface area contributed by atoms with E-state index in [2.05, 4.69) is 22.8 Å². The minimum Gasteiger partial charge on any atom is -0.486 e. The molecule has 6 nitrogen and oxygen atoms in total. The van der Waals surface area contributed by atoms with Gasteiger partial charge in [-0.1, -0.05) is 49.2 Å². The number of benzene rings is 2. The maximum Gasteiger partial charge on any atom is 0.222 e. The number of nitrogens with one attached hydrogen (secondary N) is 2. The van der Waals surface area contributed by atoms with Gasteiger partial charge in [0.2, 0.25) is 11.8 Å². The van der Waals surface area contributed by atoms with Crippen molar-refractivity contribution in [1.29, 1.82) is 0 Å². The van der Waals surface area contributed by atoms with Crippen molar-refractivity contribution in [1.82, 2.24) is 10.6 Å². The van der Waals surface area contributed by atoms with E-state index in [0.717, 1.165) is 42.7 Å². The lowest BCUT2D eigenvalue weighted by Gasteiger charge is -2.31. The van der Waals surface area contributed by atoms with Crippen LogP contribution >= 0.6 is 0 Å². The quantitative estimate of drug-likeness (QED) is 0.714. The summed E-state index contributed by atoms with van der Waals surface area (Å²) in [5.74, 6) is 1.36. The van der Waals surface area contributed by atoms with Gasteiger partial charge >= 0.3 is 0 Å². The highest BCUT2D eigenvalue weighted by Crippen LogP contribution is 2.43. The van der Waals surface area contributed by atoms with Crippen molar-refractivity contribution in [2.24, 2.45) is 0 Å². The molecule has 0 spiro atoms. The van der Waals surface area contributed by atoms with E-state index in [9.17, 15) is 9.59 Å². The van der Waals surface area contributed by atoms with Crippen LogP contribution in [0.1, 0.15) is 56.2 Å².